The van der Waals surface area contributed by atoms with E-state index in [1.165, 1.54) is 30.7 Å². The first-order chi connectivity index (χ1) is 15.1. The Morgan fingerprint density at radius 1 is 0.871 bits per heavy atom. The normalized spacial score (nSPS) is 19.1. The number of nitrogens with one attached hydrogen (secondary N) is 1. The molecule has 2 aliphatic rings. The molecular formula is C25H30FN3O2. The van der Waals surface area contributed by atoms with Crippen LogP contribution in [0.2, 0.25) is 0 Å². The van der Waals surface area contributed by atoms with E-state index in [0.29, 0.717) is 5.56 Å². The number of carbonyl (C=O) groups excluding carboxylic acids is 2. The zero-order chi connectivity index (χ0) is 21.6. The van der Waals surface area contributed by atoms with E-state index >= 15 is 0 Å². The summed E-state index contributed by atoms with van der Waals surface area (Å²) in [6.07, 6.45) is 4.90. The van der Waals surface area contributed by atoms with Crippen molar-refractivity contribution >= 4 is 11.8 Å². The largest absolute Gasteiger partial charge is 0.349 e. The molecule has 0 aromatic heterocycles. The molecule has 0 spiro atoms. The Kier molecular flexibility index (Phi) is 6.97. The Labute approximate surface area is 183 Å². The van der Waals surface area contributed by atoms with E-state index in [-0.39, 0.29) is 29.7 Å². The van der Waals surface area contributed by atoms with Gasteiger partial charge in [-0.3, -0.25) is 14.5 Å². The number of piperidine rings is 2. The Morgan fingerprint density at radius 2 is 1.52 bits per heavy atom. The molecule has 2 fully saturated rings. The summed E-state index contributed by atoms with van der Waals surface area (Å²) in [5.74, 6) is -0.336. The first-order valence-electron chi connectivity index (χ1n) is 11.3. The Hall–Kier alpha value is -2.73. The van der Waals surface area contributed by atoms with Gasteiger partial charge in [0, 0.05) is 37.8 Å². The molecule has 5 nitrogen and oxygen atoms in total. The monoisotopic (exact) mass is 423 g/mol. The van der Waals surface area contributed by atoms with Gasteiger partial charge in [-0.05, 0) is 61.9 Å². The van der Waals surface area contributed by atoms with Crippen LogP contribution in [-0.4, -0.2) is 53.8 Å². The third-order valence-corrected chi connectivity index (χ3v) is 6.35. The molecule has 0 radical (unpaired) electrons. The quantitative estimate of drug-likeness (QED) is 0.797. The third kappa shape index (κ3) is 5.31. The standard InChI is InChI=1S/C25H30FN3O2/c26-21-11-9-20(10-12-21)24(30)27-22-13-17-28(18-14-22)23(19-7-3-1-4-8-19)25(31)29-15-5-2-6-16-29/h1,3-4,7-12,22-23H,2,5-6,13-18H2,(H,27,30). The second kappa shape index (κ2) is 10.1. The van der Waals surface area contributed by atoms with Gasteiger partial charge in [-0.2, -0.15) is 0 Å². The lowest BCUT2D eigenvalue weighted by Gasteiger charge is -2.40. The molecule has 2 aromatic rings. The highest BCUT2D eigenvalue weighted by Gasteiger charge is 2.34. The Morgan fingerprint density at radius 3 is 2.16 bits per heavy atom. The van der Waals surface area contributed by atoms with Gasteiger partial charge in [0.1, 0.15) is 11.9 Å². The predicted octanol–water partition coefficient (Wildman–Crippen LogP) is 3.77. The summed E-state index contributed by atoms with van der Waals surface area (Å²) in [6.45, 7) is 3.17. The molecule has 1 N–H and O–H groups in total. The molecule has 0 saturated carbocycles. The second-order valence-corrected chi connectivity index (χ2v) is 8.49. The van der Waals surface area contributed by atoms with Crippen LogP contribution in [0, 0.1) is 5.82 Å². The van der Waals surface area contributed by atoms with Crippen molar-refractivity contribution in [2.24, 2.45) is 0 Å². The molecule has 0 bridgehead atoms. The fourth-order valence-corrected chi connectivity index (χ4v) is 4.60. The number of hydrogen-bond acceptors (Lipinski definition) is 3. The van der Waals surface area contributed by atoms with Crippen molar-refractivity contribution in [2.75, 3.05) is 26.2 Å². The van der Waals surface area contributed by atoms with Gasteiger partial charge in [-0.25, -0.2) is 4.39 Å². The van der Waals surface area contributed by atoms with Gasteiger partial charge in [0.2, 0.25) is 5.91 Å². The smallest absolute Gasteiger partial charge is 0.251 e. The molecule has 2 heterocycles. The molecule has 2 aromatic carbocycles. The summed E-state index contributed by atoms with van der Waals surface area (Å²) in [5.41, 5.74) is 1.50. The minimum Gasteiger partial charge on any atom is -0.349 e. The van der Waals surface area contributed by atoms with Crippen molar-refractivity contribution in [2.45, 2.75) is 44.2 Å². The van der Waals surface area contributed by atoms with Crippen LogP contribution in [0.15, 0.2) is 54.6 Å². The lowest BCUT2D eigenvalue weighted by atomic mass is 9.97. The van der Waals surface area contributed by atoms with Gasteiger partial charge in [0.25, 0.3) is 5.91 Å². The molecular weight excluding hydrogens is 393 g/mol. The van der Waals surface area contributed by atoms with E-state index in [0.717, 1.165) is 57.4 Å². The van der Waals surface area contributed by atoms with Crippen molar-refractivity contribution in [1.82, 2.24) is 15.1 Å². The van der Waals surface area contributed by atoms with Crippen LogP contribution in [0.5, 0.6) is 0 Å². The molecule has 164 valence electrons. The summed E-state index contributed by atoms with van der Waals surface area (Å²) < 4.78 is 13.1. The van der Waals surface area contributed by atoms with Crippen LogP contribution >= 0.6 is 0 Å². The topological polar surface area (TPSA) is 52.7 Å². The highest BCUT2D eigenvalue weighted by molar-refractivity contribution is 5.94. The predicted molar refractivity (Wildman–Crippen MR) is 118 cm³/mol. The third-order valence-electron chi connectivity index (χ3n) is 6.35. The summed E-state index contributed by atoms with van der Waals surface area (Å²) >= 11 is 0. The van der Waals surface area contributed by atoms with Crippen molar-refractivity contribution in [1.29, 1.82) is 0 Å². The average molecular weight is 424 g/mol. The Bertz CT molecular complexity index is 873. The molecule has 0 aliphatic carbocycles. The summed E-state index contributed by atoms with van der Waals surface area (Å²) in [6, 6.07) is 15.4. The van der Waals surface area contributed by atoms with Gasteiger partial charge >= 0.3 is 0 Å². The number of hydrogen-bond donors (Lipinski definition) is 1. The van der Waals surface area contributed by atoms with E-state index in [9.17, 15) is 14.0 Å². The van der Waals surface area contributed by atoms with Gasteiger partial charge in [0.15, 0.2) is 0 Å². The van der Waals surface area contributed by atoms with E-state index in [1.807, 2.05) is 35.2 Å². The summed E-state index contributed by atoms with van der Waals surface area (Å²) in [4.78, 5) is 30.2. The van der Waals surface area contributed by atoms with E-state index in [2.05, 4.69) is 10.2 Å². The van der Waals surface area contributed by atoms with E-state index in [4.69, 9.17) is 0 Å². The number of carbonyl (C=O) groups is 2. The Balaban J connectivity index is 1.40. The van der Waals surface area contributed by atoms with Crippen LogP contribution in [0.25, 0.3) is 0 Å². The second-order valence-electron chi connectivity index (χ2n) is 8.49. The molecule has 2 aliphatic heterocycles. The molecule has 6 heteroatoms. The van der Waals surface area contributed by atoms with Gasteiger partial charge in [-0.1, -0.05) is 30.3 Å². The number of rotatable bonds is 5. The zero-order valence-electron chi connectivity index (χ0n) is 17.8. The van der Waals surface area contributed by atoms with E-state index in [1.54, 1.807) is 0 Å². The first kappa shape index (κ1) is 21.5. The molecule has 1 unspecified atom stereocenters. The number of likely N-dealkylation sites (tertiary alicyclic amines) is 2. The van der Waals surface area contributed by atoms with Crippen molar-refractivity contribution in [3.63, 3.8) is 0 Å². The van der Waals surface area contributed by atoms with Crippen LogP contribution in [0.4, 0.5) is 4.39 Å². The van der Waals surface area contributed by atoms with Crippen molar-refractivity contribution in [3.8, 4) is 0 Å². The average Bonchev–Trinajstić information content (AvgIpc) is 2.82. The molecule has 2 amide bonds. The first-order valence-corrected chi connectivity index (χ1v) is 11.3. The minimum atomic E-state index is -0.352. The van der Waals surface area contributed by atoms with Crippen LogP contribution < -0.4 is 5.32 Å². The fourth-order valence-electron chi connectivity index (χ4n) is 4.60. The molecule has 4 rings (SSSR count). The minimum absolute atomic E-state index is 0.0512. The lowest BCUT2D eigenvalue weighted by molar-refractivity contribution is -0.138. The summed E-state index contributed by atoms with van der Waals surface area (Å²) in [5, 5.41) is 3.06. The maximum atomic E-state index is 13.5. The van der Waals surface area contributed by atoms with Gasteiger partial charge in [0.05, 0.1) is 0 Å². The molecule has 31 heavy (non-hydrogen) atoms. The van der Waals surface area contributed by atoms with E-state index < -0.39 is 0 Å². The molecule has 2 saturated heterocycles. The van der Waals surface area contributed by atoms with Crippen molar-refractivity contribution in [3.05, 3.63) is 71.5 Å². The molecule has 1 atom stereocenters. The van der Waals surface area contributed by atoms with Crippen LogP contribution in [0.3, 0.4) is 0 Å². The lowest BCUT2D eigenvalue weighted by Crippen LogP contribution is -2.50. The van der Waals surface area contributed by atoms with Crippen LogP contribution in [0.1, 0.15) is 54.1 Å². The number of nitrogens with zero attached hydrogens (tertiary/aromatic N) is 2. The number of amides is 2. The van der Waals surface area contributed by atoms with Crippen LogP contribution in [-0.2, 0) is 4.79 Å². The SMILES string of the molecule is O=C(NC1CCN(C(C(=O)N2CCCCC2)c2ccccc2)CC1)c1ccc(F)cc1. The maximum Gasteiger partial charge on any atom is 0.251 e. The van der Waals surface area contributed by atoms with Crippen molar-refractivity contribution < 1.29 is 14.0 Å². The maximum absolute atomic E-state index is 13.5. The highest BCUT2D eigenvalue weighted by Crippen LogP contribution is 2.28. The fraction of sp³-hybridized carbons (Fsp3) is 0.440. The zero-order valence-corrected chi connectivity index (χ0v) is 17.8. The summed E-state index contributed by atoms with van der Waals surface area (Å²) in [7, 11) is 0. The highest BCUT2D eigenvalue weighted by atomic mass is 19.1. The number of halogens is 1. The van der Waals surface area contributed by atoms with Gasteiger partial charge in [-0.15, -0.1) is 0 Å². The number of benzene rings is 2. The van der Waals surface area contributed by atoms with Gasteiger partial charge < -0.3 is 10.2 Å².